The van der Waals surface area contributed by atoms with Gasteiger partial charge in [0.15, 0.2) is 0 Å². The maximum atomic E-state index is 12.4. The molecule has 1 fully saturated rings. The molecule has 0 atom stereocenters. The van der Waals surface area contributed by atoms with Gasteiger partial charge in [-0.1, -0.05) is 0 Å². The van der Waals surface area contributed by atoms with Crippen molar-refractivity contribution in [2.45, 2.75) is 18.4 Å². The Morgan fingerprint density at radius 2 is 2.00 bits per heavy atom. The lowest BCUT2D eigenvalue weighted by molar-refractivity contribution is -0.140. The zero-order chi connectivity index (χ0) is 13.9. The fraction of sp³-hybridized carbons (Fsp3) is 0.500. The molecule has 0 bridgehead atoms. The number of rotatable bonds is 3. The van der Waals surface area contributed by atoms with E-state index in [1.807, 2.05) is 0 Å². The second kappa shape index (κ2) is 8.75. The highest BCUT2D eigenvalue weighted by molar-refractivity contribution is 9.10. The first kappa shape index (κ1) is 20.4. The van der Waals surface area contributed by atoms with E-state index in [0.717, 1.165) is 13.1 Å². The monoisotopic (exact) mass is 401 g/mol. The summed E-state index contributed by atoms with van der Waals surface area (Å²) < 4.78 is 6.10. The number of halogens is 3. The first-order valence-corrected chi connectivity index (χ1v) is 6.82. The number of piperidine rings is 1. The van der Waals surface area contributed by atoms with Gasteiger partial charge in [-0.25, -0.2) is 0 Å². The summed E-state index contributed by atoms with van der Waals surface area (Å²) in [6, 6.07) is 1.57. The SMILES string of the molecule is COC1(C(=O)Nc2cc(Br)c[nH]c2=O)CCNCC1.Cl.Cl. The lowest BCUT2D eigenvalue weighted by Crippen LogP contribution is -2.52. The van der Waals surface area contributed by atoms with Crippen LogP contribution in [-0.4, -0.2) is 36.7 Å². The van der Waals surface area contributed by atoms with Crippen molar-refractivity contribution >= 4 is 52.3 Å². The number of anilines is 1. The third-order valence-corrected chi connectivity index (χ3v) is 3.79. The number of pyridine rings is 1. The number of carbonyl (C=O) groups excluding carboxylic acids is 1. The molecule has 2 rings (SSSR count). The molecule has 6 nitrogen and oxygen atoms in total. The van der Waals surface area contributed by atoms with Crippen molar-refractivity contribution in [2.75, 3.05) is 25.5 Å². The molecule has 1 aliphatic heterocycles. The molecule has 0 saturated carbocycles. The van der Waals surface area contributed by atoms with Crippen molar-refractivity contribution in [1.29, 1.82) is 0 Å². The lowest BCUT2D eigenvalue weighted by atomic mass is 9.91. The van der Waals surface area contributed by atoms with Crippen molar-refractivity contribution in [1.82, 2.24) is 10.3 Å². The van der Waals surface area contributed by atoms with Gasteiger partial charge in [-0.15, -0.1) is 24.8 Å². The number of amides is 1. The third kappa shape index (κ3) is 4.69. The molecule has 1 amide bonds. The molecule has 21 heavy (non-hydrogen) atoms. The van der Waals surface area contributed by atoms with E-state index in [4.69, 9.17) is 4.74 Å². The van der Waals surface area contributed by atoms with Crippen LogP contribution in [0.25, 0.3) is 0 Å². The maximum Gasteiger partial charge on any atom is 0.271 e. The number of ether oxygens (including phenoxy) is 1. The molecule has 1 aromatic rings. The van der Waals surface area contributed by atoms with Crippen LogP contribution in [0.3, 0.4) is 0 Å². The molecule has 0 unspecified atom stereocenters. The van der Waals surface area contributed by atoms with Gasteiger partial charge < -0.3 is 20.4 Å². The Hall–Kier alpha value is -0.600. The van der Waals surface area contributed by atoms with Crippen LogP contribution in [0.4, 0.5) is 5.69 Å². The van der Waals surface area contributed by atoms with Gasteiger partial charge in [0.1, 0.15) is 11.3 Å². The quantitative estimate of drug-likeness (QED) is 0.718. The number of hydrogen-bond acceptors (Lipinski definition) is 4. The zero-order valence-corrected chi connectivity index (χ0v) is 14.6. The van der Waals surface area contributed by atoms with Crippen molar-refractivity contribution in [3.63, 3.8) is 0 Å². The molecule has 1 aliphatic rings. The van der Waals surface area contributed by atoms with Crippen LogP contribution in [0, 0.1) is 0 Å². The molecule has 0 spiro atoms. The van der Waals surface area contributed by atoms with Crippen molar-refractivity contribution in [3.05, 3.63) is 27.1 Å². The molecular formula is C12H18BrCl2N3O3. The number of hydrogen-bond donors (Lipinski definition) is 3. The van der Waals surface area contributed by atoms with Crippen LogP contribution in [0.15, 0.2) is 21.5 Å². The topological polar surface area (TPSA) is 83.2 Å². The van der Waals surface area contributed by atoms with E-state index in [-0.39, 0.29) is 42.0 Å². The smallest absolute Gasteiger partial charge is 0.271 e. The molecule has 0 radical (unpaired) electrons. The van der Waals surface area contributed by atoms with Crippen LogP contribution in [0.2, 0.25) is 0 Å². The summed E-state index contributed by atoms with van der Waals surface area (Å²) >= 11 is 3.25. The number of aromatic amines is 1. The molecule has 120 valence electrons. The maximum absolute atomic E-state index is 12.4. The number of methoxy groups -OCH3 is 1. The van der Waals surface area contributed by atoms with Crippen molar-refractivity contribution < 1.29 is 9.53 Å². The van der Waals surface area contributed by atoms with Crippen molar-refractivity contribution in [2.24, 2.45) is 0 Å². The largest absolute Gasteiger partial charge is 0.368 e. The summed E-state index contributed by atoms with van der Waals surface area (Å²) in [7, 11) is 1.52. The number of H-pyrrole nitrogens is 1. The van der Waals surface area contributed by atoms with Gasteiger partial charge in [0.2, 0.25) is 0 Å². The predicted octanol–water partition coefficient (Wildman–Crippen LogP) is 1.69. The zero-order valence-electron chi connectivity index (χ0n) is 11.4. The second-order valence-corrected chi connectivity index (χ2v) is 5.38. The Kier molecular flexibility index (Phi) is 8.50. The Morgan fingerprint density at radius 3 is 2.57 bits per heavy atom. The van der Waals surface area contributed by atoms with E-state index < -0.39 is 5.60 Å². The Morgan fingerprint density at radius 1 is 1.38 bits per heavy atom. The van der Waals surface area contributed by atoms with Crippen LogP contribution in [0.1, 0.15) is 12.8 Å². The highest BCUT2D eigenvalue weighted by atomic mass is 79.9. The lowest BCUT2D eigenvalue weighted by Gasteiger charge is -2.34. The van der Waals surface area contributed by atoms with Gasteiger partial charge >= 0.3 is 0 Å². The van der Waals surface area contributed by atoms with Gasteiger partial charge in [-0.05, 0) is 47.9 Å². The van der Waals surface area contributed by atoms with Gasteiger partial charge in [0.25, 0.3) is 11.5 Å². The van der Waals surface area contributed by atoms with Crippen molar-refractivity contribution in [3.8, 4) is 0 Å². The Labute approximate surface area is 143 Å². The molecule has 9 heteroatoms. The highest BCUT2D eigenvalue weighted by Crippen LogP contribution is 2.24. The number of nitrogens with one attached hydrogen (secondary N) is 3. The first-order chi connectivity index (χ1) is 9.07. The first-order valence-electron chi connectivity index (χ1n) is 6.03. The standard InChI is InChI=1S/C12H16BrN3O3.2ClH/c1-19-12(2-4-14-5-3-12)11(18)16-9-6-8(13)7-15-10(9)17;;/h6-7,14H,2-5H2,1H3,(H,15,17)(H,16,18);2*1H. The molecule has 1 saturated heterocycles. The van der Waals surface area contributed by atoms with E-state index in [1.165, 1.54) is 13.3 Å². The molecule has 0 aliphatic carbocycles. The molecule has 0 aromatic carbocycles. The molecular weight excluding hydrogens is 385 g/mol. The van der Waals surface area contributed by atoms with Gasteiger partial charge in [0.05, 0.1) is 0 Å². The van der Waals surface area contributed by atoms with Gasteiger partial charge in [-0.3, -0.25) is 9.59 Å². The Bertz CT molecular complexity index is 533. The normalized spacial score (nSPS) is 16.3. The minimum absolute atomic E-state index is 0. The Balaban J connectivity index is 0.00000200. The van der Waals surface area contributed by atoms with E-state index in [9.17, 15) is 9.59 Å². The van der Waals surface area contributed by atoms with Crippen LogP contribution in [0.5, 0.6) is 0 Å². The molecule has 1 aromatic heterocycles. The minimum atomic E-state index is -0.861. The van der Waals surface area contributed by atoms with E-state index in [0.29, 0.717) is 17.3 Å². The van der Waals surface area contributed by atoms with Crippen LogP contribution in [-0.2, 0) is 9.53 Å². The fourth-order valence-electron chi connectivity index (χ4n) is 2.14. The summed E-state index contributed by atoms with van der Waals surface area (Å²) in [6.45, 7) is 1.44. The summed E-state index contributed by atoms with van der Waals surface area (Å²) in [5, 5.41) is 5.82. The third-order valence-electron chi connectivity index (χ3n) is 3.33. The summed E-state index contributed by atoms with van der Waals surface area (Å²) in [5.41, 5.74) is -0.980. The van der Waals surface area contributed by atoms with Gasteiger partial charge in [0, 0.05) is 17.8 Å². The predicted molar refractivity (Wildman–Crippen MR) is 89.7 cm³/mol. The summed E-state index contributed by atoms with van der Waals surface area (Å²) in [6.07, 6.45) is 2.69. The van der Waals surface area contributed by atoms with Gasteiger partial charge in [-0.2, -0.15) is 0 Å². The average Bonchev–Trinajstić information content (AvgIpc) is 2.43. The minimum Gasteiger partial charge on any atom is -0.368 e. The number of aromatic nitrogens is 1. The fourth-order valence-corrected chi connectivity index (χ4v) is 2.48. The molecule has 3 N–H and O–H groups in total. The van der Waals surface area contributed by atoms with Crippen LogP contribution < -0.4 is 16.2 Å². The highest BCUT2D eigenvalue weighted by Gasteiger charge is 2.39. The van der Waals surface area contributed by atoms with E-state index in [1.54, 1.807) is 6.07 Å². The average molecular weight is 403 g/mol. The van der Waals surface area contributed by atoms with E-state index in [2.05, 4.69) is 31.5 Å². The number of carbonyl (C=O) groups is 1. The second-order valence-electron chi connectivity index (χ2n) is 4.46. The summed E-state index contributed by atoms with van der Waals surface area (Å²) in [4.78, 5) is 26.5. The van der Waals surface area contributed by atoms with E-state index >= 15 is 0 Å². The van der Waals surface area contributed by atoms with Crippen LogP contribution >= 0.6 is 40.7 Å². The molecule has 2 heterocycles. The summed E-state index contributed by atoms with van der Waals surface area (Å²) in [5.74, 6) is -0.278.